The van der Waals surface area contributed by atoms with Crippen LogP contribution in [0.5, 0.6) is 0 Å². The molecule has 314 valence electrons. The number of unbranched alkanes of at least 4 members (excludes halogenated alkanes) is 19. The maximum Gasteiger partial charge on any atom is 0.472 e. The van der Waals surface area contributed by atoms with Gasteiger partial charge in [0.25, 0.3) is 0 Å². The molecular formula is C42H76NO10P. The third-order valence-electron chi connectivity index (χ3n) is 8.86. The number of carbonyl (C=O) groups is 3. The van der Waals surface area contributed by atoms with Gasteiger partial charge in [-0.3, -0.25) is 23.4 Å². The molecule has 0 aliphatic rings. The molecule has 0 bridgehead atoms. The molecule has 3 atom stereocenters. The quantitative estimate of drug-likeness (QED) is 0.0234. The zero-order chi connectivity index (χ0) is 40.0. The first-order chi connectivity index (χ1) is 26.1. The summed E-state index contributed by atoms with van der Waals surface area (Å²) in [5.41, 5.74) is 5.32. The molecule has 0 aliphatic heterocycles. The van der Waals surface area contributed by atoms with Gasteiger partial charge < -0.3 is 25.2 Å². The van der Waals surface area contributed by atoms with E-state index in [-0.39, 0.29) is 19.4 Å². The lowest BCUT2D eigenvalue weighted by Gasteiger charge is -2.20. The Morgan fingerprint density at radius 3 is 1.50 bits per heavy atom. The Hall–Kier alpha value is -2.30. The van der Waals surface area contributed by atoms with E-state index in [9.17, 15) is 23.8 Å². The highest BCUT2D eigenvalue weighted by Crippen LogP contribution is 2.43. The number of phosphoric ester groups is 1. The monoisotopic (exact) mass is 786 g/mol. The van der Waals surface area contributed by atoms with E-state index < -0.39 is 51.1 Å². The Balaban J connectivity index is 4.42. The van der Waals surface area contributed by atoms with E-state index in [1.165, 1.54) is 70.6 Å². The van der Waals surface area contributed by atoms with Crippen LogP contribution in [0.2, 0.25) is 0 Å². The zero-order valence-electron chi connectivity index (χ0n) is 33.8. The SMILES string of the molecule is CCCCC/C=C\C/C=C\CCCCCCCC(=O)O[C@H](COC(=O)CCCCCCCCC/C=C\CCCCCC)COP(=O)(O)OC[C@H](N)C(=O)O. The number of hydrogen-bond acceptors (Lipinski definition) is 9. The number of ether oxygens (including phenoxy) is 2. The van der Waals surface area contributed by atoms with Crippen molar-refractivity contribution >= 4 is 25.7 Å². The van der Waals surface area contributed by atoms with Crippen molar-refractivity contribution in [2.75, 3.05) is 19.8 Å². The van der Waals surface area contributed by atoms with Crippen molar-refractivity contribution in [3.05, 3.63) is 36.5 Å². The van der Waals surface area contributed by atoms with Crippen LogP contribution in [-0.2, 0) is 37.5 Å². The van der Waals surface area contributed by atoms with Crippen LogP contribution in [0.1, 0.15) is 181 Å². The molecule has 4 N–H and O–H groups in total. The Morgan fingerprint density at radius 2 is 0.981 bits per heavy atom. The van der Waals surface area contributed by atoms with Crippen molar-refractivity contribution in [1.82, 2.24) is 0 Å². The van der Waals surface area contributed by atoms with Gasteiger partial charge in [-0.2, -0.15) is 0 Å². The number of rotatable bonds is 39. The summed E-state index contributed by atoms with van der Waals surface area (Å²) in [5.74, 6) is -2.40. The molecule has 0 radical (unpaired) electrons. The minimum atomic E-state index is -4.72. The molecule has 12 heteroatoms. The molecular weight excluding hydrogens is 709 g/mol. The van der Waals surface area contributed by atoms with Crippen LogP contribution < -0.4 is 5.73 Å². The van der Waals surface area contributed by atoms with Gasteiger partial charge in [-0.15, -0.1) is 0 Å². The van der Waals surface area contributed by atoms with Crippen molar-refractivity contribution < 1.29 is 47.5 Å². The fourth-order valence-corrected chi connectivity index (χ4v) is 6.28. The number of carboxylic acid groups (broad SMARTS) is 1. The van der Waals surface area contributed by atoms with Gasteiger partial charge in [0.1, 0.15) is 12.6 Å². The number of nitrogens with two attached hydrogens (primary N) is 1. The molecule has 0 amide bonds. The normalized spacial score (nSPS) is 14.1. The van der Waals surface area contributed by atoms with Crippen LogP contribution in [0.4, 0.5) is 0 Å². The van der Waals surface area contributed by atoms with Gasteiger partial charge in [-0.25, -0.2) is 4.57 Å². The number of carbonyl (C=O) groups excluding carboxylic acids is 2. The van der Waals surface area contributed by atoms with Crippen LogP contribution in [0, 0.1) is 0 Å². The topological polar surface area (TPSA) is 172 Å². The van der Waals surface area contributed by atoms with Crippen molar-refractivity contribution in [2.24, 2.45) is 5.73 Å². The van der Waals surface area contributed by atoms with E-state index in [2.05, 4.69) is 54.8 Å². The third-order valence-corrected chi connectivity index (χ3v) is 9.81. The second kappa shape index (κ2) is 37.6. The number of carboxylic acids is 1. The van der Waals surface area contributed by atoms with Crippen LogP contribution in [-0.4, -0.2) is 59.9 Å². The van der Waals surface area contributed by atoms with Crippen molar-refractivity contribution in [3.63, 3.8) is 0 Å². The Bertz CT molecular complexity index is 1060. The molecule has 0 saturated carbocycles. The molecule has 0 aliphatic carbocycles. The highest BCUT2D eigenvalue weighted by Gasteiger charge is 2.28. The lowest BCUT2D eigenvalue weighted by Crippen LogP contribution is -2.34. The van der Waals surface area contributed by atoms with Crippen molar-refractivity contribution in [2.45, 2.75) is 193 Å². The second-order valence-corrected chi connectivity index (χ2v) is 15.6. The first-order valence-electron chi connectivity index (χ1n) is 21.0. The summed E-state index contributed by atoms with van der Waals surface area (Å²) in [5, 5.41) is 8.88. The molecule has 0 rings (SSSR count). The predicted molar refractivity (Wildman–Crippen MR) is 217 cm³/mol. The summed E-state index contributed by atoms with van der Waals surface area (Å²) in [6, 6.07) is -1.52. The zero-order valence-corrected chi connectivity index (χ0v) is 34.7. The number of allylic oxidation sites excluding steroid dienone is 6. The van der Waals surface area contributed by atoms with Gasteiger partial charge in [0.15, 0.2) is 6.10 Å². The maximum absolute atomic E-state index is 12.6. The summed E-state index contributed by atoms with van der Waals surface area (Å²) >= 11 is 0. The van der Waals surface area contributed by atoms with E-state index in [1.807, 2.05) is 0 Å². The van der Waals surface area contributed by atoms with Crippen LogP contribution in [0.15, 0.2) is 36.5 Å². The lowest BCUT2D eigenvalue weighted by atomic mass is 10.1. The molecule has 0 spiro atoms. The molecule has 0 saturated heterocycles. The first kappa shape index (κ1) is 51.7. The van der Waals surface area contributed by atoms with Crippen LogP contribution in [0.25, 0.3) is 0 Å². The van der Waals surface area contributed by atoms with Gasteiger partial charge in [0, 0.05) is 12.8 Å². The maximum atomic E-state index is 12.6. The van der Waals surface area contributed by atoms with Gasteiger partial charge in [0.05, 0.1) is 13.2 Å². The average Bonchev–Trinajstić information content (AvgIpc) is 3.14. The van der Waals surface area contributed by atoms with E-state index in [4.69, 9.17) is 24.8 Å². The van der Waals surface area contributed by atoms with Gasteiger partial charge in [-0.05, 0) is 70.6 Å². The lowest BCUT2D eigenvalue weighted by molar-refractivity contribution is -0.161. The largest absolute Gasteiger partial charge is 0.480 e. The summed E-state index contributed by atoms with van der Waals surface area (Å²) in [6.07, 6.45) is 39.2. The summed E-state index contributed by atoms with van der Waals surface area (Å²) < 4.78 is 32.6. The second-order valence-electron chi connectivity index (χ2n) is 14.1. The number of phosphoric acid groups is 1. The predicted octanol–water partition coefficient (Wildman–Crippen LogP) is 10.8. The van der Waals surface area contributed by atoms with E-state index >= 15 is 0 Å². The number of aliphatic carboxylic acids is 1. The molecule has 0 heterocycles. The van der Waals surface area contributed by atoms with E-state index in [0.717, 1.165) is 70.6 Å². The highest BCUT2D eigenvalue weighted by atomic mass is 31.2. The van der Waals surface area contributed by atoms with Crippen molar-refractivity contribution in [1.29, 1.82) is 0 Å². The Morgan fingerprint density at radius 1 is 0.574 bits per heavy atom. The molecule has 0 aromatic heterocycles. The molecule has 11 nitrogen and oxygen atoms in total. The molecule has 0 fully saturated rings. The summed E-state index contributed by atoms with van der Waals surface area (Å²) in [6.45, 7) is 2.74. The Labute approximate surface area is 327 Å². The fraction of sp³-hybridized carbons (Fsp3) is 0.786. The highest BCUT2D eigenvalue weighted by molar-refractivity contribution is 7.47. The van der Waals surface area contributed by atoms with Crippen molar-refractivity contribution in [3.8, 4) is 0 Å². The minimum Gasteiger partial charge on any atom is -0.480 e. The van der Waals surface area contributed by atoms with Crippen LogP contribution in [0.3, 0.4) is 0 Å². The third kappa shape index (κ3) is 36.7. The van der Waals surface area contributed by atoms with Gasteiger partial charge >= 0.3 is 25.7 Å². The molecule has 54 heavy (non-hydrogen) atoms. The minimum absolute atomic E-state index is 0.144. The standard InChI is InChI=1S/C42H76NO10P/c1-3-5-7-9-11-13-15-17-19-21-23-25-27-29-31-33-40(44)50-35-38(36-51-54(48,49)52-37-39(43)42(46)47)53-41(45)34-32-30-28-26-24-22-20-18-16-14-12-10-8-6-4-2/h12-15,18,20,38-39H,3-11,16-17,19,21-37,43H2,1-2H3,(H,46,47)(H,48,49)/b14-12-,15-13-,20-18-/t38-,39+/m1/s1. The number of esters is 2. The van der Waals surface area contributed by atoms with Crippen LogP contribution >= 0.6 is 7.82 Å². The molecule has 0 aromatic carbocycles. The first-order valence-corrected chi connectivity index (χ1v) is 22.5. The number of hydrogen-bond donors (Lipinski definition) is 3. The van der Waals surface area contributed by atoms with Gasteiger partial charge in [0.2, 0.25) is 0 Å². The fourth-order valence-electron chi connectivity index (χ4n) is 5.50. The average molecular weight is 786 g/mol. The summed E-state index contributed by atoms with van der Waals surface area (Å²) in [7, 11) is -4.72. The smallest absolute Gasteiger partial charge is 0.472 e. The van der Waals surface area contributed by atoms with E-state index in [0.29, 0.717) is 12.8 Å². The summed E-state index contributed by atoms with van der Waals surface area (Å²) in [4.78, 5) is 45.9. The molecule has 0 aromatic rings. The molecule has 1 unspecified atom stereocenters. The van der Waals surface area contributed by atoms with Gasteiger partial charge in [-0.1, -0.05) is 134 Å². The van der Waals surface area contributed by atoms with E-state index in [1.54, 1.807) is 0 Å². The Kier molecular flexibility index (Phi) is 36.0.